The Morgan fingerprint density at radius 3 is 2.81 bits per heavy atom. The maximum atomic E-state index is 5.23. The number of hydrogen-bond donors (Lipinski definition) is 2. The molecule has 1 heterocycles. The normalized spacial score (nSPS) is 9.38. The molecule has 7 heteroatoms. The van der Waals surface area contributed by atoms with Crippen LogP contribution in [0, 0.1) is 0 Å². The highest BCUT2D eigenvalue weighted by molar-refractivity contribution is 7.18. The summed E-state index contributed by atoms with van der Waals surface area (Å²) < 4.78 is 5.13. The summed E-state index contributed by atoms with van der Waals surface area (Å²) in [6, 6.07) is 7.64. The second-order valence-corrected chi connectivity index (χ2v) is 3.77. The number of ether oxygens (including phenoxy) is 1. The van der Waals surface area contributed by atoms with Crippen LogP contribution in [0.1, 0.15) is 0 Å². The second-order valence-electron chi connectivity index (χ2n) is 2.79. The molecule has 0 saturated heterocycles. The highest BCUT2D eigenvalue weighted by Gasteiger charge is 2.05. The lowest BCUT2D eigenvalue weighted by Crippen LogP contribution is -2.05. The lowest BCUT2D eigenvalue weighted by molar-refractivity contribution is 0.415. The third-order valence-electron chi connectivity index (χ3n) is 1.87. The van der Waals surface area contributed by atoms with E-state index in [1.165, 1.54) is 11.3 Å². The van der Waals surface area contributed by atoms with Crippen molar-refractivity contribution in [3.63, 3.8) is 0 Å². The first kappa shape index (κ1) is 12.7. The first-order valence-electron chi connectivity index (χ1n) is 4.28. The molecule has 2 rings (SSSR count). The number of anilines is 1. The van der Waals surface area contributed by atoms with Crippen LogP contribution in [0.4, 0.5) is 5.13 Å². The number of benzene rings is 1. The number of nitrogens with two attached hydrogens (primary N) is 1. The van der Waals surface area contributed by atoms with Gasteiger partial charge in [0.2, 0.25) is 5.13 Å². The highest BCUT2D eigenvalue weighted by atomic mass is 35.5. The number of nitrogens with zero attached hydrogens (tertiary/aromatic N) is 2. The van der Waals surface area contributed by atoms with Crippen LogP contribution in [0.15, 0.2) is 24.3 Å². The third-order valence-corrected chi connectivity index (χ3v) is 2.77. The molecule has 1 aromatic heterocycles. The highest BCUT2D eigenvalue weighted by Crippen LogP contribution is 2.28. The minimum atomic E-state index is 0. The summed E-state index contributed by atoms with van der Waals surface area (Å²) in [7, 11) is 1.63. The molecule has 0 aliphatic rings. The number of hydrazine groups is 1. The van der Waals surface area contributed by atoms with Gasteiger partial charge in [-0.1, -0.05) is 23.5 Å². The molecule has 5 nitrogen and oxygen atoms in total. The van der Waals surface area contributed by atoms with Crippen molar-refractivity contribution in [1.29, 1.82) is 0 Å². The van der Waals surface area contributed by atoms with E-state index in [1.807, 2.05) is 24.3 Å². The second kappa shape index (κ2) is 5.64. The Bertz CT molecular complexity index is 462. The van der Waals surface area contributed by atoms with Gasteiger partial charge >= 0.3 is 0 Å². The monoisotopic (exact) mass is 258 g/mol. The summed E-state index contributed by atoms with van der Waals surface area (Å²) in [6.45, 7) is 0. The zero-order valence-electron chi connectivity index (χ0n) is 8.51. The molecule has 2 aromatic rings. The van der Waals surface area contributed by atoms with Crippen LogP contribution in [0.3, 0.4) is 0 Å². The number of rotatable bonds is 3. The van der Waals surface area contributed by atoms with Crippen molar-refractivity contribution in [2.24, 2.45) is 5.84 Å². The first-order valence-corrected chi connectivity index (χ1v) is 5.09. The van der Waals surface area contributed by atoms with E-state index in [0.29, 0.717) is 5.13 Å². The zero-order chi connectivity index (χ0) is 10.7. The molecule has 0 atom stereocenters. The van der Waals surface area contributed by atoms with Gasteiger partial charge in [0.25, 0.3) is 0 Å². The van der Waals surface area contributed by atoms with Gasteiger partial charge in [0.1, 0.15) is 10.8 Å². The average Bonchev–Trinajstić information content (AvgIpc) is 2.78. The van der Waals surface area contributed by atoms with Crippen molar-refractivity contribution in [1.82, 2.24) is 10.2 Å². The van der Waals surface area contributed by atoms with E-state index in [2.05, 4.69) is 15.6 Å². The predicted molar refractivity (Wildman–Crippen MR) is 67.0 cm³/mol. The Balaban J connectivity index is 0.00000128. The molecule has 3 N–H and O–H groups in total. The molecule has 1 aromatic carbocycles. The summed E-state index contributed by atoms with van der Waals surface area (Å²) >= 11 is 1.39. The van der Waals surface area contributed by atoms with Crippen molar-refractivity contribution in [3.8, 4) is 16.3 Å². The molecule has 0 amide bonds. The van der Waals surface area contributed by atoms with Gasteiger partial charge in [-0.05, 0) is 12.1 Å². The first-order chi connectivity index (χ1) is 7.33. The zero-order valence-corrected chi connectivity index (χ0v) is 10.1. The summed E-state index contributed by atoms with van der Waals surface area (Å²) in [5.41, 5.74) is 3.43. The number of nitrogen functional groups attached to an aromatic ring is 1. The predicted octanol–water partition coefficient (Wildman–Crippen LogP) is 1.92. The smallest absolute Gasteiger partial charge is 0.220 e. The number of halogens is 1. The van der Waals surface area contributed by atoms with Gasteiger partial charge in [0, 0.05) is 5.56 Å². The Morgan fingerprint density at radius 1 is 1.38 bits per heavy atom. The topological polar surface area (TPSA) is 73.1 Å². The fraction of sp³-hybridized carbons (Fsp3) is 0.111. The van der Waals surface area contributed by atoms with Crippen molar-refractivity contribution in [3.05, 3.63) is 24.3 Å². The van der Waals surface area contributed by atoms with E-state index in [1.54, 1.807) is 7.11 Å². The average molecular weight is 259 g/mol. The quantitative estimate of drug-likeness (QED) is 0.650. The minimum absolute atomic E-state index is 0. The number of aromatic nitrogens is 2. The molecule has 0 spiro atoms. The van der Waals surface area contributed by atoms with Crippen molar-refractivity contribution >= 4 is 28.9 Å². The SMILES string of the molecule is COc1cccc(-c2nnc(NN)s2)c1.Cl. The van der Waals surface area contributed by atoms with Crippen LogP contribution in [0.5, 0.6) is 5.75 Å². The molecule has 0 aliphatic heterocycles. The van der Waals surface area contributed by atoms with Gasteiger partial charge < -0.3 is 4.74 Å². The molecule has 0 bridgehead atoms. The van der Waals surface area contributed by atoms with Gasteiger partial charge in [-0.3, -0.25) is 5.43 Å². The maximum Gasteiger partial charge on any atom is 0.220 e. The lowest BCUT2D eigenvalue weighted by Gasteiger charge is -2.00. The van der Waals surface area contributed by atoms with Gasteiger partial charge in [0.05, 0.1) is 7.11 Å². The van der Waals surface area contributed by atoms with Crippen LogP contribution in [0.2, 0.25) is 0 Å². The number of methoxy groups -OCH3 is 1. The van der Waals surface area contributed by atoms with Gasteiger partial charge in [-0.2, -0.15) is 0 Å². The Hall–Kier alpha value is -1.37. The van der Waals surface area contributed by atoms with Crippen LogP contribution >= 0.6 is 23.7 Å². The molecule has 0 fully saturated rings. The summed E-state index contributed by atoms with van der Waals surface area (Å²) in [4.78, 5) is 0. The van der Waals surface area contributed by atoms with Crippen molar-refractivity contribution < 1.29 is 4.74 Å². The maximum absolute atomic E-state index is 5.23. The van der Waals surface area contributed by atoms with Crippen LogP contribution in [-0.2, 0) is 0 Å². The Kier molecular flexibility index (Phi) is 4.48. The molecule has 0 saturated carbocycles. The Morgan fingerprint density at radius 2 is 2.19 bits per heavy atom. The van der Waals surface area contributed by atoms with Gasteiger partial charge in [-0.15, -0.1) is 22.6 Å². The fourth-order valence-electron chi connectivity index (χ4n) is 1.15. The number of hydrogen-bond acceptors (Lipinski definition) is 6. The molecule has 0 aliphatic carbocycles. The fourth-order valence-corrected chi connectivity index (χ4v) is 1.80. The van der Waals surface area contributed by atoms with Crippen LogP contribution < -0.4 is 16.0 Å². The largest absolute Gasteiger partial charge is 0.497 e. The molecule has 0 radical (unpaired) electrons. The van der Waals surface area contributed by atoms with Crippen molar-refractivity contribution in [2.75, 3.05) is 12.5 Å². The van der Waals surface area contributed by atoms with E-state index in [4.69, 9.17) is 10.6 Å². The number of nitrogens with one attached hydrogen (secondary N) is 1. The lowest BCUT2D eigenvalue weighted by atomic mass is 10.2. The van der Waals surface area contributed by atoms with E-state index in [-0.39, 0.29) is 12.4 Å². The van der Waals surface area contributed by atoms with E-state index in [0.717, 1.165) is 16.3 Å². The standard InChI is InChI=1S/C9H10N4OS.ClH/c1-14-7-4-2-3-6(5-7)8-12-13-9(11-10)15-8;/h2-5H,10H2,1H3,(H,11,13);1H. The molecule has 16 heavy (non-hydrogen) atoms. The molecule has 86 valence electrons. The van der Waals surface area contributed by atoms with Crippen molar-refractivity contribution in [2.45, 2.75) is 0 Å². The van der Waals surface area contributed by atoms with Crippen LogP contribution in [-0.4, -0.2) is 17.3 Å². The summed E-state index contributed by atoms with van der Waals surface area (Å²) in [5.74, 6) is 6.03. The summed E-state index contributed by atoms with van der Waals surface area (Å²) in [6.07, 6.45) is 0. The minimum Gasteiger partial charge on any atom is -0.497 e. The van der Waals surface area contributed by atoms with E-state index in [9.17, 15) is 0 Å². The Labute approximate surface area is 103 Å². The van der Waals surface area contributed by atoms with Gasteiger partial charge in [-0.25, -0.2) is 5.84 Å². The van der Waals surface area contributed by atoms with Crippen LogP contribution in [0.25, 0.3) is 10.6 Å². The summed E-state index contributed by atoms with van der Waals surface area (Å²) in [5, 5.41) is 9.26. The van der Waals surface area contributed by atoms with E-state index >= 15 is 0 Å². The molecule has 0 unspecified atom stereocenters. The van der Waals surface area contributed by atoms with Gasteiger partial charge in [0.15, 0.2) is 0 Å². The third kappa shape index (κ3) is 2.60. The molecular formula is C9H11ClN4OS. The van der Waals surface area contributed by atoms with E-state index < -0.39 is 0 Å². The molecular weight excluding hydrogens is 248 g/mol.